The Morgan fingerprint density at radius 3 is 2.22 bits per heavy atom. The third kappa shape index (κ3) is 5.70. The molecule has 6 nitrogen and oxygen atoms in total. The Kier molecular flexibility index (Phi) is 6.72. The Morgan fingerprint density at radius 1 is 0.812 bits per heavy atom. The van der Waals surface area contributed by atoms with Gasteiger partial charge in [-0.1, -0.05) is 72.8 Å². The van der Waals surface area contributed by atoms with E-state index in [0.29, 0.717) is 18.8 Å². The van der Waals surface area contributed by atoms with Crippen LogP contribution < -0.4 is 15.6 Å². The van der Waals surface area contributed by atoms with Crippen LogP contribution in [0.3, 0.4) is 0 Å². The van der Waals surface area contributed by atoms with Crippen molar-refractivity contribution < 1.29 is 9.53 Å². The van der Waals surface area contributed by atoms with Crippen molar-refractivity contribution in [2.45, 2.75) is 19.7 Å². The summed E-state index contributed by atoms with van der Waals surface area (Å²) >= 11 is 0. The number of aromatic nitrogens is 2. The standard InChI is InChI=1S/C26H23N3O3/c30-25(18-29-26(31)16-15-24(28-29)22-9-5-2-6-10-22)27-17-20-11-13-23(14-12-20)32-19-21-7-3-1-4-8-21/h1-16H,17-19H2,(H,27,30). The molecule has 0 aliphatic carbocycles. The van der Waals surface area contributed by atoms with Crippen molar-refractivity contribution in [2.75, 3.05) is 0 Å². The molecule has 6 heteroatoms. The van der Waals surface area contributed by atoms with Crippen LogP contribution in [0.1, 0.15) is 11.1 Å². The molecule has 0 bridgehead atoms. The summed E-state index contributed by atoms with van der Waals surface area (Å²) in [5.74, 6) is 0.478. The average molecular weight is 425 g/mol. The Labute approximate surface area is 186 Å². The van der Waals surface area contributed by atoms with E-state index in [2.05, 4.69) is 10.4 Å². The highest BCUT2D eigenvalue weighted by atomic mass is 16.5. The minimum absolute atomic E-state index is 0.141. The number of benzene rings is 3. The number of hydrogen-bond donors (Lipinski definition) is 1. The van der Waals surface area contributed by atoms with Crippen molar-refractivity contribution in [1.82, 2.24) is 15.1 Å². The maximum Gasteiger partial charge on any atom is 0.267 e. The first-order valence-corrected chi connectivity index (χ1v) is 10.3. The van der Waals surface area contributed by atoms with E-state index in [0.717, 1.165) is 22.4 Å². The first-order valence-electron chi connectivity index (χ1n) is 10.3. The van der Waals surface area contributed by atoms with E-state index in [1.54, 1.807) is 6.07 Å². The molecule has 32 heavy (non-hydrogen) atoms. The number of amides is 1. The van der Waals surface area contributed by atoms with E-state index in [1.807, 2.05) is 84.9 Å². The molecule has 0 aliphatic heterocycles. The molecule has 0 spiro atoms. The smallest absolute Gasteiger partial charge is 0.267 e. The molecule has 1 aromatic heterocycles. The summed E-state index contributed by atoms with van der Waals surface area (Å²) in [6, 6.07) is 30.1. The van der Waals surface area contributed by atoms with E-state index in [1.165, 1.54) is 10.7 Å². The number of carbonyl (C=O) groups excluding carboxylic acids is 1. The van der Waals surface area contributed by atoms with Gasteiger partial charge in [-0.2, -0.15) is 5.10 Å². The molecule has 1 heterocycles. The molecule has 4 aromatic rings. The molecule has 0 fully saturated rings. The summed E-state index contributed by atoms with van der Waals surface area (Å²) < 4.78 is 6.96. The third-order valence-corrected chi connectivity index (χ3v) is 4.89. The Bertz CT molecular complexity index is 1220. The van der Waals surface area contributed by atoms with E-state index >= 15 is 0 Å². The van der Waals surface area contributed by atoms with Crippen LogP contribution in [0, 0.1) is 0 Å². The zero-order valence-electron chi connectivity index (χ0n) is 17.5. The highest BCUT2D eigenvalue weighted by Gasteiger charge is 2.08. The molecule has 0 atom stereocenters. The summed E-state index contributed by atoms with van der Waals surface area (Å²) in [6.45, 7) is 0.712. The van der Waals surface area contributed by atoms with E-state index in [4.69, 9.17) is 4.74 Å². The summed E-state index contributed by atoms with van der Waals surface area (Å²) in [5, 5.41) is 7.15. The Morgan fingerprint density at radius 2 is 1.50 bits per heavy atom. The second-order valence-electron chi connectivity index (χ2n) is 7.28. The van der Waals surface area contributed by atoms with Crippen LogP contribution >= 0.6 is 0 Å². The molecule has 4 rings (SSSR count). The van der Waals surface area contributed by atoms with E-state index in [9.17, 15) is 9.59 Å². The molecule has 0 saturated heterocycles. The minimum atomic E-state index is -0.320. The van der Waals surface area contributed by atoms with Gasteiger partial charge in [0.05, 0.1) is 5.69 Å². The number of hydrogen-bond acceptors (Lipinski definition) is 4. The fourth-order valence-corrected chi connectivity index (χ4v) is 3.16. The normalized spacial score (nSPS) is 10.5. The number of ether oxygens (including phenoxy) is 1. The zero-order chi connectivity index (χ0) is 22.2. The highest BCUT2D eigenvalue weighted by Crippen LogP contribution is 2.15. The summed E-state index contributed by atoms with van der Waals surface area (Å²) in [7, 11) is 0. The lowest BCUT2D eigenvalue weighted by molar-refractivity contribution is -0.122. The van der Waals surface area contributed by atoms with Gasteiger partial charge in [-0.15, -0.1) is 0 Å². The van der Waals surface area contributed by atoms with Crippen LogP contribution in [0.2, 0.25) is 0 Å². The Balaban J connectivity index is 1.31. The first-order chi connectivity index (χ1) is 15.7. The molecule has 3 aromatic carbocycles. The van der Waals surface area contributed by atoms with Crippen molar-refractivity contribution in [1.29, 1.82) is 0 Å². The van der Waals surface area contributed by atoms with Crippen LogP contribution in [0.4, 0.5) is 0 Å². The minimum Gasteiger partial charge on any atom is -0.489 e. The zero-order valence-corrected chi connectivity index (χ0v) is 17.5. The van der Waals surface area contributed by atoms with Gasteiger partial charge < -0.3 is 10.1 Å². The van der Waals surface area contributed by atoms with Crippen LogP contribution in [0.5, 0.6) is 5.75 Å². The van der Waals surface area contributed by atoms with Crippen molar-refractivity contribution in [2.24, 2.45) is 0 Å². The maximum absolute atomic E-state index is 12.4. The molecular formula is C26H23N3O3. The van der Waals surface area contributed by atoms with Crippen LogP contribution in [-0.2, 0) is 24.5 Å². The first kappa shape index (κ1) is 21.1. The van der Waals surface area contributed by atoms with Gasteiger partial charge in [0, 0.05) is 18.2 Å². The molecule has 0 radical (unpaired) electrons. The van der Waals surface area contributed by atoms with Gasteiger partial charge in [-0.3, -0.25) is 9.59 Å². The molecule has 0 unspecified atom stereocenters. The second kappa shape index (κ2) is 10.2. The molecule has 0 saturated carbocycles. The summed E-state index contributed by atoms with van der Waals surface area (Å²) in [4.78, 5) is 24.5. The lowest BCUT2D eigenvalue weighted by Gasteiger charge is -2.10. The fraction of sp³-hybridized carbons (Fsp3) is 0.115. The van der Waals surface area contributed by atoms with Gasteiger partial charge in [0.15, 0.2) is 0 Å². The molecule has 160 valence electrons. The molecule has 0 aliphatic rings. The van der Waals surface area contributed by atoms with Crippen molar-refractivity contribution >= 4 is 5.91 Å². The van der Waals surface area contributed by atoms with E-state index < -0.39 is 0 Å². The lowest BCUT2D eigenvalue weighted by Crippen LogP contribution is -2.33. The second-order valence-corrected chi connectivity index (χ2v) is 7.28. The Hall–Kier alpha value is -4.19. The van der Waals surface area contributed by atoms with Gasteiger partial charge >= 0.3 is 0 Å². The SMILES string of the molecule is O=C(Cn1nc(-c2ccccc2)ccc1=O)NCc1ccc(OCc2ccccc2)cc1. The fourth-order valence-electron chi connectivity index (χ4n) is 3.16. The predicted octanol–water partition coefficient (Wildman–Crippen LogP) is 3.81. The monoisotopic (exact) mass is 425 g/mol. The van der Waals surface area contributed by atoms with Crippen molar-refractivity contribution in [3.05, 3.63) is 119 Å². The molecule has 1 N–H and O–H groups in total. The maximum atomic E-state index is 12.4. The predicted molar refractivity (Wildman–Crippen MR) is 123 cm³/mol. The number of rotatable bonds is 8. The van der Waals surface area contributed by atoms with Crippen LogP contribution in [0.15, 0.2) is 102 Å². The number of nitrogens with one attached hydrogen (secondary N) is 1. The van der Waals surface area contributed by atoms with E-state index in [-0.39, 0.29) is 18.0 Å². The number of carbonyl (C=O) groups is 1. The van der Waals surface area contributed by atoms with Gasteiger partial charge in [0.2, 0.25) is 5.91 Å². The quantitative estimate of drug-likeness (QED) is 0.466. The van der Waals surface area contributed by atoms with Crippen LogP contribution in [-0.4, -0.2) is 15.7 Å². The van der Waals surface area contributed by atoms with Crippen molar-refractivity contribution in [3.8, 4) is 17.0 Å². The van der Waals surface area contributed by atoms with Gasteiger partial charge in [0.1, 0.15) is 18.9 Å². The summed E-state index contributed by atoms with van der Waals surface area (Å²) in [6.07, 6.45) is 0. The van der Waals surface area contributed by atoms with Gasteiger partial charge in [-0.25, -0.2) is 4.68 Å². The van der Waals surface area contributed by atoms with Gasteiger partial charge in [-0.05, 0) is 29.3 Å². The largest absolute Gasteiger partial charge is 0.489 e. The summed E-state index contributed by atoms with van der Waals surface area (Å²) in [5.41, 5.74) is 3.24. The van der Waals surface area contributed by atoms with Gasteiger partial charge in [0.25, 0.3) is 5.56 Å². The highest BCUT2D eigenvalue weighted by molar-refractivity contribution is 5.75. The average Bonchev–Trinajstić information content (AvgIpc) is 2.85. The third-order valence-electron chi connectivity index (χ3n) is 4.89. The molecular weight excluding hydrogens is 402 g/mol. The topological polar surface area (TPSA) is 73.2 Å². The molecule has 1 amide bonds. The number of nitrogens with zero attached hydrogens (tertiary/aromatic N) is 2. The van der Waals surface area contributed by atoms with Crippen molar-refractivity contribution in [3.63, 3.8) is 0 Å². The lowest BCUT2D eigenvalue weighted by atomic mass is 10.1. The van der Waals surface area contributed by atoms with Crippen LogP contribution in [0.25, 0.3) is 11.3 Å².